The molecule has 4 rings (SSSR count). The lowest BCUT2D eigenvalue weighted by Gasteiger charge is -2.06. The largest absolute Gasteiger partial charge is 0.433 e. The van der Waals surface area contributed by atoms with E-state index in [-0.39, 0.29) is 33.6 Å². The predicted octanol–water partition coefficient (Wildman–Crippen LogP) is 3.05. The number of alkyl halides is 3. The molecule has 1 aliphatic rings. The molecule has 0 amide bonds. The highest BCUT2D eigenvalue weighted by Crippen LogP contribution is 2.44. The highest BCUT2D eigenvalue weighted by molar-refractivity contribution is 7.91. The Morgan fingerprint density at radius 1 is 1.33 bits per heavy atom. The average molecular weight is 399 g/mol. The van der Waals surface area contributed by atoms with Gasteiger partial charge in [0.15, 0.2) is 15.7 Å². The van der Waals surface area contributed by atoms with Crippen LogP contribution in [0.3, 0.4) is 0 Å². The van der Waals surface area contributed by atoms with E-state index in [2.05, 4.69) is 20.2 Å². The van der Waals surface area contributed by atoms with Gasteiger partial charge in [-0.2, -0.15) is 18.3 Å². The summed E-state index contributed by atoms with van der Waals surface area (Å²) in [5.74, 6) is 0.181. The van der Waals surface area contributed by atoms with Crippen molar-refractivity contribution in [2.45, 2.75) is 36.8 Å². The maximum absolute atomic E-state index is 12.9. The Kier molecular flexibility index (Phi) is 3.85. The number of aromatic amines is 1. The molecule has 1 saturated carbocycles. The summed E-state index contributed by atoms with van der Waals surface area (Å²) in [5, 5.41) is 6.96. The number of imidazole rings is 1. The lowest BCUT2D eigenvalue weighted by Crippen LogP contribution is -2.08. The third-order valence-electron chi connectivity index (χ3n) is 4.69. The molecular weight excluding hydrogens is 383 g/mol. The zero-order valence-corrected chi connectivity index (χ0v) is 15.3. The Hall–Kier alpha value is -2.43. The minimum atomic E-state index is -4.59. The average Bonchev–Trinajstić information content (AvgIpc) is 3.27. The van der Waals surface area contributed by atoms with Crippen molar-refractivity contribution in [2.24, 2.45) is 7.05 Å². The number of hydrogen-bond donors (Lipinski definition) is 1. The molecule has 0 bridgehead atoms. The standard InChI is InChI=1S/C16H16F3N5O2S/c1-3-27(25,26)14-12(8-4-5-8)22-23-13(14)15-21-9-6-11(16(17,18)19)20-7-10(9)24(15)2/h6-8H,3-5H2,1-2H3,(H,22,23). The minimum absolute atomic E-state index is 0.0747. The molecule has 3 heterocycles. The van der Waals surface area contributed by atoms with Crippen molar-refractivity contribution in [3.8, 4) is 11.5 Å². The van der Waals surface area contributed by atoms with Crippen molar-refractivity contribution in [1.29, 1.82) is 0 Å². The first kappa shape index (κ1) is 18.0. The lowest BCUT2D eigenvalue weighted by atomic mass is 10.2. The molecule has 0 spiro atoms. The number of aryl methyl sites for hydroxylation is 1. The van der Waals surface area contributed by atoms with Crippen LogP contribution in [-0.4, -0.2) is 38.9 Å². The summed E-state index contributed by atoms with van der Waals surface area (Å²) in [5.41, 5.74) is 0.0558. The van der Waals surface area contributed by atoms with E-state index in [1.165, 1.54) is 11.5 Å². The van der Waals surface area contributed by atoms with Gasteiger partial charge in [-0.05, 0) is 18.9 Å². The van der Waals surface area contributed by atoms with Crippen molar-refractivity contribution < 1.29 is 21.6 Å². The molecule has 1 N–H and O–H groups in total. The molecule has 7 nitrogen and oxygen atoms in total. The zero-order chi connectivity index (χ0) is 19.6. The van der Waals surface area contributed by atoms with Crippen LogP contribution in [0, 0.1) is 0 Å². The number of pyridine rings is 1. The molecule has 0 aliphatic heterocycles. The monoisotopic (exact) mass is 399 g/mol. The normalized spacial score (nSPS) is 15.6. The summed E-state index contributed by atoms with van der Waals surface area (Å²) in [6.45, 7) is 1.54. The second kappa shape index (κ2) is 5.78. The van der Waals surface area contributed by atoms with Gasteiger partial charge in [0.05, 0.1) is 28.7 Å². The molecule has 0 saturated heterocycles. The molecule has 1 aliphatic carbocycles. The van der Waals surface area contributed by atoms with E-state index in [1.54, 1.807) is 7.05 Å². The smallest absolute Gasteiger partial charge is 0.324 e. The van der Waals surface area contributed by atoms with E-state index in [0.717, 1.165) is 25.1 Å². The first-order valence-corrected chi connectivity index (χ1v) is 9.99. The summed E-state index contributed by atoms with van der Waals surface area (Å²) in [6, 6.07) is 0.848. The Labute approximate surface area is 152 Å². The Bertz CT molecular complexity index is 1140. The fraction of sp³-hybridized carbons (Fsp3) is 0.438. The SMILES string of the molecule is CCS(=O)(=O)c1c(-c2nc3cc(C(F)(F)F)ncc3n2C)n[nH]c1C1CC1. The van der Waals surface area contributed by atoms with Gasteiger partial charge in [0, 0.05) is 13.0 Å². The fourth-order valence-electron chi connectivity index (χ4n) is 3.06. The first-order valence-electron chi connectivity index (χ1n) is 8.34. The molecule has 0 atom stereocenters. The van der Waals surface area contributed by atoms with E-state index in [9.17, 15) is 21.6 Å². The van der Waals surface area contributed by atoms with E-state index >= 15 is 0 Å². The number of fused-ring (bicyclic) bond motifs is 1. The molecule has 144 valence electrons. The Morgan fingerprint density at radius 3 is 2.63 bits per heavy atom. The highest BCUT2D eigenvalue weighted by Gasteiger charge is 2.37. The highest BCUT2D eigenvalue weighted by atomic mass is 32.2. The van der Waals surface area contributed by atoms with Crippen LogP contribution in [0.4, 0.5) is 13.2 Å². The van der Waals surface area contributed by atoms with Crippen LogP contribution in [-0.2, 0) is 23.1 Å². The predicted molar refractivity (Wildman–Crippen MR) is 90.8 cm³/mol. The molecule has 3 aromatic rings. The van der Waals surface area contributed by atoms with Gasteiger partial charge in [0.25, 0.3) is 0 Å². The van der Waals surface area contributed by atoms with Crippen LogP contribution in [0.25, 0.3) is 22.6 Å². The van der Waals surface area contributed by atoms with E-state index in [1.807, 2.05) is 0 Å². The topological polar surface area (TPSA) is 93.5 Å². The third-order valence-corrected chi connectivity index (χ3v) is 6.49. The molecule has 11 heteroatoms. The summed E-state index contributed by atoms with van der Waals surface area (Å²) >= 11 is 0. The van der Waals surface area contributed by atoms with Crippen molar-refractivity contribution in [2.75, 3.05) is 5.75 Å². The maximum atomic E-state index is 12.9. The number of hydrogen-bond acceptors (Lipinski definition) is 5. The fourth-order valence-corrected chi connectivity index (χ4v) is 4.33. The maximum Gasteiger partial charge on any atom is 0.433 e. The Balaban J connectivity index is 1.94. The lowest BCUT2D eigenvalue weighted by molar-refractivity contribution is -0.141. The second-order valence-corrected chi connectivity index (χ2v) is 8.76. The van der Waals surface area contributed by atoms with Crippen molar-refractivity contribution >= 4 is 20.9 Å². The number of nitrogens with one attached hydrogen (secondary N) is 1. The molecule has 3 aromatic heterocycles. The summed E-state index contributed by atoms with van der Waals surface area (Å²) in [4.78, 5) is 7.77. The van der Waals surface area contributed by atoms with E-state index in [4.69, 9.17) is 0 Å². The van der Waals surface area contributed by atoms with Gasteiger partial charge < -0.3 is 4.57 Å². The third kappa shape index (κ3) is 2.89. The summed E-state index contributed by atoms with van der Waals surface area (Å²) in [6.07, 6.45) is -1.77. The minimum Gasteiger partial charge on any atom is -0.324 e. The van der Waals surface area contributed by atoms with Gasteiger partial charge in [-0.25, -0.2) is 18.4 Å². The number of rotatable bonds is 4. The number of nitrogens with zero attached hydrogens (tertiary/aromatic N) is 4. The van der Waals surface area contributed by atoms with E-state index in [0.29, 0.717) is 11.2 Å². The molecule has 0 unspecified atom stereocenters. The summed E-state index contributed by atoms with van der Waals surface area (Å²) in [7, 11) is -2.01. The van der Waals surface area contributed by atoms with Crippen molar-refractivity contribution in [1.82, 2.24) is 24.7 Å². The van der Waals surface area contributed by atoms with Gasteiger partial charge >= 0.3 is 6.18 Å². The molecule has 0 aromatic carbocycles. The van der Waals surface area contributed by atoms with Crippen molar-refractivity contribution in [3.05, 3.63) is 23.7 Å². The van der Waals surface area contributed by atoms with Gasteiger partial charge in [-0.15, -0.1) is 0 Å². The van der Waals surface area contributed by atoms with E-state index < -0.39 is 21.7 Å². The number of halogens is 3. The van der Waals surface area contributed by atoms with Crippen LogP contribution in [0.15, 0.2) is 17.2 Å². The van der Waals surface area contributed by atoms with Crippen molar-refractivity contribution in [3.63, 3.8) is 0 Å². The van der Waals surface area contributed by atoms with Crippen LogP contribution < -0.4 is 0 Å². The van der Waals surface area contributed by atoms with Crippen LogP contribution in [0.1, 0.15) is 37.1 Å². The first-order chi connectivity index (χ1) is 12.6. The van der Waals surface area contributed by atoms with Crippen LogP contribution in [0.2, 0.25) is 0 Å². The van der Waals surface area contributed by atoms with Crippen LogP contribution in [0.5, 0.6) is 0 Å². The van der Waals surface area contributed by atoms with Gasteiger partial charge in [-0.1, -0.05) is 6.92 Å². The number of H-pyrrole nitrogens is 1. The van der Waals surface area contributed by atoms with Gasteiger partial charge in [0.1, 0.15) is 16.3 Å². The van der Waals surface area contributed by atoms with Gasteiger partial charge in [-0.3, -0.25) is 5.10 Å². The number of sulfone groups is 1. The van der Waals surface area contributed by atoms with Gasteiger partial charge in [0.2, 0.25) is 0 Å². The molecule has 27 heavy (non-hydrogen) atoms. The number of aromatic nitrogens is 5. The molecular formula is C16H16F3N5O2S. The second-order valence-electron chi connectivity index (χ2n) is 6.54. The molecule has 1 fully saturated rings. The molecule has 0 radical (unpaired) electrons. The zero-order valence-electron chi connectivity index (χ0n) is 14.5. The Morgan fingerprint density at radius 2 is 2.04 bits per heavy atom. The summed E-state index contributed by atoms with van der Waals surface area (Å²) < 4.78 is 65.6. The quantitative estimate of drug-likeness (QED) is 0.728. The van der Waals surface area contributed by atoms with Crippen LogP contribution >= 0.6 is 0 Å².